The Labute approximate surface area is 164 Å². The molecule has 0 bridgehead atoms. The van der Waals surface area contributed by atoms with Crippen molar-refractivity contribution in [2.24, 2.45) is 0 Å². The summed E-state index contributed by atoms with van der Waals surface area (Å²) in [7, 11) is 4.29. The van der Waals surface area contributed by atoms with Crippen molar-refractivity contribution in [3.63, 3.8) is 0 Å². The van der Waals surface area contributed by atoms with E-state index in [-0.39, 0.29) is 12.4 Å². The van der Waals surface area contributed by atoms with Gasteiger partial charge >= 0.3 is 0 Å². The van der Waals surface area contributed by atoms with E-state index in [9.17, 15) is 5.11 Å². The van der Waals surface area contributed by atoms with Gasteiger partial charge in [0.2, 0.25) is 0 Å². The molecule has 26 heavy (non-hydrogen) atoms. The van der Waals surface area contributed by atoms with E-state index in [0.717, 1.165) is 27.9 Å². The molecule has 3 nitrogen and oxygen atoms in total. The van der Waals surface area contributed by atoms with E-state index in [0.29, 0.717) is 13.2 Å². The van der Waals surface area contributed by atoms with Crippen LogP contribution in [0.15, 0.2) is 36.4 Å². The van der Waals surface area contributed by atoms with Gasteiger partial charge in [-0.1, -0.05) is 47.5 Å². The van der Waals surface area contributed by atoms with E-state index in [4.69, 9.17) is 4.74 Å². The van der Waals surface area contributed by atoms with Gasteiger partial charge in [-0.15, -0.1) is 0 Å². The maximum absolute atomic E-state index is 10.5. The van der Waals surface area contributed by atoms with Gasteiger partial charge in [0.25, 0.3) is 0 Å². The van der Waals surface area contributed by atoms with Crippen LogP contribution in [-0.4, -0.2) is 42.9 Å². The predicted molar refractivity (Wildman–Crippen MR) is 104 cm³/mol. The van der Waals surface area contributed by atoms with Crippen LogP contribution in [0.2, 0.25) is 0 Å². The summed E-state index contributed by atoms with van der Waals surface area (Å²) in [4.78, 5) is 0. The smallest absolute Gasteiger partial charge is 0.137 e. The largest absolute Gasteiger partial charge is 1.00 e. The summed E-state index contributed by atoms with van der Waals surface area (Å²) >= 11 is 0. The average Bonchev–Trinajstić information content (AvgIpc) is 2.47. The van der Waals surface area contributed by atoms with Gasteiger partial charge in [0.05, 0.1) is 14.1 Å². The molecule has 2 aromatic carbocycles. The highest BCUT2D eigenvalue weighted by Gasteiger charge is 2.22. The first-order chi connectivity index (χ1) is 11.7. The van der Waals surface area contributed by atoms with E-state index in [2.05, 4.69) is 78.2 Å². The highest BCUT2D eigenvalue weighted by Crippen LogP contribution is 2.24. The average molecular weight is 378 g/mol. The number of aryl methyl sites for hydroxylation is 4. The van der Waals surface area contributed by atoms with Crippen molar-refractivity contribution in [2.45, 2.75) is 40.3 Å². The Bertz CT molecular complexity index is 688. The Morgan fingerprint density at radius 2 is 1.46 bits per heavy atom. The lowest BCUT2D eigenvalue weighted by Crippen LogP contribution is -3.00. The number of quaternary nitrogens is 1. The fourth-order valence-electron chi connectivity index (χ4n) is 3.45. The van der Waals surface area contributed by atoms with Crippen molar-refractivity contribution in [3.8, 4) is 5.75 Å². The molecule has 0 aliphatic rings. The summed E-state index contributed by atoms with van der Waals surface area (Å²) < 4.78 is 6.66. The summed E-state index contributed by atoms with van der Waals surface area (Å²) in [5, 5.41) is 10.5. The minimum Gasteiger partial charge on any atom is -1.00 e. The summed E-state index contributed by atoms with van der Waals surface area (Å²) in [5.41, 5.74) is 6.04. The SMILES string of the molecule is Cc1ccc(C[N+](C)(C)CC(O)COc2c(C)cc(C)cc2C)cc1.[Cl-]. The van der Waals surface area contributed by atoms with Gasteiger partial charge in [0, 0.05) is 5.56 Å². The van der Waals surface area contributed by atoms with E-state index in [1.54, 1.807) is 0 Å². The Morgan fingerprint density at radius 1 is 0.923 bits per heavy atom. The molecule has 0 aliphatic heterocycles. The highest BCUT2D eigenvalue weighted by atomic mass is 35.5. The van der Waals surface area contributed by atoms with Crippen LogP contribution in [-0.2, 0) is 6.54 Å². The Morgan fingerprint density at radius 3 is 2.00 bits per heavy atom. The molecule has 1 atom stereocenters. The number of hydrogen-bond donors (Lipinski definition) is 1. The van der Waals surface area contributed by atoms with Crippen LogP contribution in [0, 0.1) is 27.7 Å². The van der Waals surface area contributed by atoms with E-state index in [1.165, 1.54) is 16.7 Å². The van der Waals surface area contributed by atoms with Crippen molar-refractivity contribution >= 4 is 0 Å². The van der Waals surface area contributed by atoms with Gasteiger partial charge in [-0.05, 0) is 38.8 Å². The second kappa shape index (κ2) is 9.40. The van der Waals surface area contributed by atoms with Gasteiger partial charge in [-0.3, -0.25) is 0 Å². The molecule has 0 heterocycles. The number of aliphatic hydroxyl groups excluding tert-OH is 1. The zero-order chi connectivity index (χ0) is 18.6. The summed E-state index contributed by atoms with van der Waals surface area (Å²) in [6.07, 6.45) is -0.499. The molecule has 1 N–H and O–H groups in total. The molecular formula is C22H32ClNO2. The van der Waals surface area contributed by atoms with Crippen molar-refractivity contribution < 1.29 is 26.7 Å². The zero-order valence-corrected chi connectivity index (χ0v) is 17.6. The molecule has 0 fully saturated rings. The standard InChI is InChI=1S/C22H32NO2.ClH/c1-16-7-9-20(10-8-16)13-23(5,6)14-21(24)15-25-22-18(3)11-17(2)12-19(22)4;/h7-12,21,24H,13-15H2,1-6H3;1H/q+1;/p-1. The first-order valence-corrected chi connectivity index (χ1v) is 8.92. The molecule has 0 saturated heterocycles. The number of halogens is 1. The third kappa shape index (κ3) is 6.64. The molecule has 0 amide bonds. The zero-order valence-electron chi connectivity index (χ0n) is 16.8. The number of rotatable bonds is 7. The summed E-state index contributed by atoms with van der Waals surface area (Å²) in [6.45, 7) is 10.2. The van der Waals surface area contributed by atoms with E-state index in [1.807, 2.05) is 0 Å². The highest BCUT2D eigenvalue weighted by molar-refractivity contribution is 5.42. The number of hydrogen-bond acceptors (Lipinski definition) is 2. The number of ether oxygens (including phenoxy) is 1. The topological polar surface area (TPSA) is 29.5 Å². The third-order valence-corrected chi connectivity index (χ3v) is 4.46. The molecule has 144 valence electrons. The van der Waals surface area contributed by atoms with Crippen molar-refractivity contribution in [3.05, 3.63) is 64.2 Å². The molecule has 0 spiro atoms. The predicted octanol–water partition coefficient (Wildman–Crippen LogP) is 0.941. The first kappa shape index (κ1) is 22.5. The van der Waals surface area contributed by atoms with Gasteiger partial charge in [-0.25, -0.2) is 0 Å². The molecule has 1 unspecified atom stereocenters. The van der Waals surface area contributed by atoms with Crippen molar-refractivity contribution in [1.82, 2.24) is 0 Å². The third-order valence-electron chi connectivity index (χ3n) is 4.46. The lowest BCUT2D eigenvalue weighted by molar-refractivity contribution is -0.906. The summed E-state index contributed by atoms with van der Waals surface area (Å²) in [5.74, 6) is 0.897. The number of likely N-dealkylation sites (N-methyl/N-ethyl adjacent to an activating group) is 1. The van der Waals surface area contributed by atoms with Gasteiger partial charge in [0.1, 0.15) is 31.5 Å². The summed E-state index contributed by atoms with van der Waals surface area (Å²) in [6, 6.07) is 12.8. The van der Waals surface area contributed by atoms with Crippen LogP contribution in [0.4, 0.5) is 0 Å². The minimum absolute atomic E-state index is 0. The fraction of sp³-hybridized carbons (Fsp3) is 0.455. The van der Waals surface area contributed by atoms with Crippen molar-refractivity contribution in [2.75, 3.05) is 27.2 Å². The fourth-order valence-corrected chi connectivity index (χ4v) is 3.45. The van der Waals surface area contributed by atoms with Gasteiger partial charge < -0.3 is 26.7 Å². The van der Waals surface area contributed by atoms with E-state index < -0.39 is 6.10 Å². The lowest BCUT2D eigenvalue weighted by Gasteiger charge is -2.32. The Balaban J connectivity index is 0.00000338. The van der Waals surface area contributed by atoms with Crippen molar-refractivity contribution in [1.29, 1.82) is 0 Å². The number of aliphatic hydroxyl groups is 1. The van der Waals surface area contributed by atoms with Gasteiger partial charge in [0.15, 0.2) is 0 Å². The maximum atomic E-state index is 10.5. The van der Waals surface area contributed by atoms with Crippen LogP contribution < -0.4 is 17.1 Å². The molecule has 0 radical (unpaired) electrons. The van der Waals surface area contributed by atoms with Crippen LogP contribution in [0.1, 0.15) is 27.8 Å². The number of nitrogens with zero attached hydrogens (tertiary/aromatic N) is 1. The first-order valence-electron chi connectivity index (χ1n) is 8.92. The molecule has 4 heteroatoms. The number of benzene rings is 2. The molecule has 2 aromatic rings. The van der Waals surface area contributed by atoms with E-state index >= 15 is 0 Å². The Hall–Kier alpha value is -1.55. The Kier molecular flexibility index (Phi) is 8.14. The maximum Gasteiger partial charge on any atom is 0.137 e. The second-order valence-corrected chi connectivity index (χ2v) is 7.95. The molecule has 0 saturated carbocycles. The van der Waals surface area contributed by atoms with Crippen LogP contribution >= 0.6 is 0 Å². The normalized spacial score (nSPS) is 12.4. The molecular weight excluding hydrogens is 346 g/mol. The molecule has 2 rings (SSSR count). The van der Waals surface area contributed by atoms with Crippen LogP contribution in [0.5, 0.6) is 5.75 Å². The van der Waals surface area contributed by atoms with Gasteiger partial charge in [-0.2, -0.15) is 0 Å². The second-order valence-electron chi connectivity index (χ2n) is 7.95. The lowest BCUT2D eigenvalue weighted by atomic mass is 10.1. The molecule has 0 aromatic heterocycles. The monoisotopic (exact) mass is 377 g/mol. The van der Waals surface area contributed by atoms with Crippen LogP contribution in [0.3, 0.4) is 0 Å². The molecule has 0 aliphatic carbocycles. The minimum atomic E-state index is -0.499. The van der Waals surface area contributed by atoms with Crippen LogP contribution in [0.25, 0.3) is 0 Å². The quantitative estimate of drug-likeness (QED) is 0.728.